The highest BCUT2D eigenvalue weighted by Gasteiger charge is 2.45. The van der Waals surface area contributed by atoms with Crippen LogP contribution in [0.3, 0.4) is 0 Å². The largest absolute Gasteiger partial charge is 0.375 e. The molecule has 1 saturated carbocycles. The van der Waals surface area contributed by atoms with E-state index in [9.17, 15) is 0 Å². The highest BCUT2D eigenvalue weighted by Crippen LogP contribution is 2.45. The molecule has 2 heteroatoms. The maximum atomic E-state index is 5.87. The number of ether oxygens (including phenoxy) is 1. The molecular weight excluding hydrogens is 162 g/mol. The van der Waals surface area contributed by atoms with Gasteiger partial charge < -0.3 is 10.1 Å². The monoisotopic (exact) mass is 183 g/mol. The van der Waals surface area contributed by atoms with Crippen LogP contribution in [-0.2, 0) is 4.74 Å². The van der Waals surface area contributed by atoms with Gasteiger partial charge >= 0.3 is 0 Å². The topological polar surface area (TPSA) is 21.3 Å². The zero-order valence-electron chi connectivity index (χ0n) is 8.75. The predicted molar refractivity (Wildman–Crippen MR) is 53.7 cm³/mol. The summed E-state index contributed by atoms with van der Waals surface area (Å²) in [7, 11) is 0. The van der Waals surface area contributed by atoms with Crippen molar-refractivity contribution in [2.75, 3.05) is 13.1 Å². The van der Waals surface area contributed by atoms with Gasteiger partial charge in [-0.2, -0.15) is 0 Å². The van der Waals surface area contributed by atoms with Gasteiger partial charge in [-0.05, 0) is 51.1 Å². The lowest BCUT2D eigenvalue weighted by Gasteiger charge is -2.10. The van der Waals surface area contributed by atoms with Crippen LogP contribution in [0.4, 0.5) is 0 Å². The van der Waals surface area contributed by atoms with Crippen LogP contribution in [0.25, 0.3) is 0 Å². The van der Waals surface area contributed by atoms with Crippen LogP contribution < -0.4 is 5.32 Å². The van der Waals surface area contributed by atoms with Crippen LogP contribution in [0.2, 0.25) is 0 Å². The van der Waals surface area contributed by atoms with Gasteiger partial charge in [0.2, 0.25) is 0 Å². The summed E-state index contributed by atoms with van der Waals surface area (Å²) in [6, 6.07) is 0. The summed E-state index contributed by atoms with van der Waals surface area (Å²) in [5.74, 6) is 1.79. The van der Waals surface area contributed by atoms with Crippen molar-refractivity contribution in [1.82, 2.24) is 5.32 Å². The van der Waals surface area contributed by atoms with E-state index >= 15 is 0 Å². The molecule has 0 aromatic carbocycles. The molecule has 1 aliphatic heterocycles. The van der Waals surface area contributed by atoms with Crippen molar-refractivity contribution in [2.24, 2.45) is 11.8 Å². The molecule has 0 aromatic rings. The van der Waals surface area contributed by atoms with Gasteiger partial charge in [-0.25, -0.2) is 0 Å². The van der Waals surface area contributed by atoms with Gasteiger partial charge in [-0.1, -0.05) is 6.92 Å². The second-order valence-electron chi connectivity index (χ2n) is 4.53. The molecule has 2 rings (SSSR count). The van der Waals surface area contributed by atoms with E-state index in [1.165, 1.54) is 25.8 Å². The summed E-state index contributed by atoms with van der Waals surface area (Å²) in [6.07, 6.45) is 5.08. The van der Waals surface area contributed by atoms with Crippen molar-refractivity contribution in [3.8, 4) is 0 Å². The molecule has 0 amide bonds. The first-order chi connectivity index (χ1) is 6.31. The average molecular weight is 183 g/mol. The summed E-state index contributed by atoms with van der Waals surface area (Å²) in [6.45, 7) is 6.67. The third kappa shape index (κ3) is 2.23. The van der Waals surface area contributed by atoms with Gasteiger partial charge in [0.15, 0.2) is 0 Å². The van der Waals surface area contributed by atoms with E-state index in [0.29, 0.717) is 12.2 Å². The smallest absolute Gasteiger partial charge is 0.0611 e. The Balaban J connectivity index is 1.67. The fourth-order valence-electron chi connectivity index (χ4n) is 2.44. The summed E-state index contributed by atoms with van der Waals surface area (Å²) < 4.78 is 5.87. The van der Waals surface area contributed by atoms with Gasteiger partial charge in [0.05, 0.1) is 12.2 Å². The van der Waals surface area contributed by atoms with E-state index in [4.69, 9.17) is 4.74 Å². The van der Waals surface area contributed by atoms with Crippen LogP contribution in [0.1, 0.15) is 33.1 Å². The molecule has 4 atom stereocenters. The van der Waals surface area contributed by atoms with E-state index in [-0.39, 0.29) is 0 Å². The first-order valence-electron chi connectivity index (χ1n) is 5.67. The van der Waals surface area contributed by atoms with Crippen LogP contribution >= 0.6 is 0 Å². The quantitative estimate of drug-likeness (QED) is 0.717. The lowest BCUT2D eigenvalue weighted by molar-refractivity contribution is 0.0397. The molecule has 0 radical (unpaired) electrons. The van der Waals surface area contributed by atoms with Gasteiger partial charge in [0.1, 0.15) is 0 Å². The minimum absolute atomic E-state index is 0.519. The van der Waals surface area contributed by atoms with Crippen molar-refractivity contribution >= 4 is 0 Å². The number of hydrogen-bond acceptors (Lipinski definition) is 2. The maximum absolute atomic E-state index is 5.87. The highest BCUT2D eigenvalue weighted by atomic mass is 16.5. The minimum atomic E-state index is 0.519. The Morgan fingerprint density at radius 2 is 2.23 bits per heavy atom. The minimum Gasteiger partial charge on any atom is -0.375 e. The lowest BCUT2D eigenvalue weighted by atomic mass is 10.1. The van der Waals surface area contributed by atoms with E-state index in [2.05, 4.69) is 19.2 Å². The number of rotatable bonds is 4. The Kier molecular flexibility index (Phi) is 2.89. The zero-order chi connectivity index (χ0) is 9.26. The maximum Gasteiger partial charge on any atom is 0.0611 e. The fraction of sp³-hybridized carbons (Fsp3) is 1.00. The summed E-state index contributed by atoms with van der Waals surface area (Å²) in [5, 5.41) is 3.42. The Hall–Kier alpha value is -0.0800. The molecule has 1 saturated heterocycles. The van der Waals surface area contributed by atoms with Crippen LogP contribution in [0.5, 0.6) is 0 Å². The van der Waals surface area contributed by atoms with Crippen molar-refractivity contribution in [3.05, 3.63) is 0 Å². The first kappa shape index (κ1) is 9.47. The first-order valence-corrected chi connectivity index (χ1v) is 5.67. The van der Waals surface area contributed by atoms with Gasteiger partial charge in [-0.15, -0.1) is 0 Å². The van der Waals surface area contributed by atoms with Crippen LogP contribution in [0, 0.1) is 11.8 Å². The van der Waals surface area contributed by atoms with E-state index in [1.54, 1.807) is 0 Å². The molecule has 1 heterocycles. The molecule has 76 valence electrons. The average Bonchev–Trinajstić information content (AvgIpc) is 2.78. The second-order valence-corrected chi connectivity index (χ2v) is 4.53. The van der Waals surface area contributed by atoms with Gasteiger partial charge in [0.25, 0.3) is 0 Å². The zero-order valence-corrected chi connectivity index (χ0v) is 8.75. The SMILES string of the molecule is CCNCC1CC1C1CCC(C)O1. The summed E-state index contributed by atoms with van der Waals surface area (Å²) in [5.41, 5.74) is 0. The Morgan fingerprint density at radius 3 is 2.85 bits per heavy atom. The third-order valence-electron chi connectivity index (χ3n) is 3.38. The lowest BCUT2D eigenvalue weighted by Crippen LogP contribution is -2.19. The molecule has 1 aliphatic carbocycles. The van der Waals surface area contributed by atoms with Crippen molar-refractivity contribution in [2.45, 2.75) is 45.3 Å². The molecule has 0 bridgehead atoms. The third-order valence-corrected chi connectivity index (χ3v) is 3.38. The summed E-state index contributed by atoms with van der Waals surface area (Å²) >= 11 is 0. The van der Waals surface area contributed by atoms with Gasteiger partial charge in [-0.3, -0.25) is 0 Å². The Labute approximate surface area is 81.0 Å². The molecular formula is C11H21NO. The van der Waals surface area contributed by atoms with Crippen LogP contribution in [0.15, 0.2) is 0 Å². The second kappa shape index (κ2) is 3.97. The molecule has 2 fully saturated rings. The molecule has 0 aromatic heterocycles. The van der Waals surface area contributed by atoms with E-state index in [0.717, 1.165) is 18.4 Å². The highest BCUT2D eigenvalue weighted by molar-refractivity contribution is 4.95. The van der Waals surface area contributed by atoms with Crippen LogP contribution in [-0.4, -0.2) is 25.3 Å². The molecule has 1 N–H and O–H groups in total. The molecule has 13 heavy (non-hydrogen) atoms. The van der Waals surface area contributed by atoms with Crippen molar-refractivity contribution in [3.63, 3.8) is 0 Å². The Bertz CT molecular complexity index is 171. The molecule has 4 unspecified atom stereocenters. The van der Waals surface area contributed by atoms with Crippen molar-refractivity contribution in [1.29, 1.82) is 0 Å². The molecule has 0 spiro atoms. The summed E-state index contributed by atoms with van der Waals surface area (Å²) in [4.78, 5) is 0. The van der Waals surface area contributed by atoms with E-state index in [1.807, 2.05) is 0 Å². The standard InChI is InChI=1S/C11H21NO/c1-3-12-7-9-6-10(9)11-5-4-8(2)13-11/h8-12H,3-7H2,1-2H3. The normalized spacial score (nSPS) is 43.8. The molecule has 2 aliphatic rings. The molecule has 2 nitrogen and oxygen atoms in total. The number of hydrogen-bond donors (Lipinski definition) is 1. The Morgan fingerprint density at radius 1 is 1.38 bits per heavy atom. The van der Waals surface area contributed by atoms with Gasteiger partial charge in [0, 0.05) is 0 Å². The van der Waals surface area contributed by atoms with Crippen molar-refractivity contribution < 1.29 is 4.74 Å². The fourth-order valence-corrected chi connectivity index (χ4v) is 2.44. The number of nitrogens with one attached hydrogen (secondary N) is 1. The van der Waals surface area contributed by atoms with E-state index < -0.39 is 0 Å². The predicted octanol–water partition coefficient (Wildman–Crippen LogP) is 1.80.